The molecule has 0 bridgehead atoms. The van der Waals surface area contributed by atoms with Crippen molar-refractivity contribution in [1.29, 1.82) is 0 Å². The fourth-order valence-corrected chi connectivity index (χ4v) is 4.75. The van der Waals surface area contributed by atoms with E-state index in [0.717, 1.165) is 27.6 Å². The number of halogens is 1. The fourth-order valence-electron chi connectivity index (χ4n) is 3.67. The van der Waals surface area contributed by atoms with Crippen molar-refractivity contribution in [3.63, 3.8) is 0 Å². The number of ether oxygens (including phenoxy) is 1. The molecule has 3 aromatic rings. The Morgan fingerprint density at radius 1 is 1.21 bits per heavy atom. The number of hydrogen-bond acceptors (Lipinski definition) is 6. The van der Waals surface area contributed by atoms with Gasteiger partial charge in [-0.15, -0.1) is 10.2 Å². The molecule has 9 heteroatoms. The van der Waals surface area contributed by atoms with E-state index in [9.17, 15) is 9.59 Å². The topological polar surface area (TPSA) is 84.4 Å². The summed E-state index contributed by atoms with van der Waals surface area (Å²) in [7, 11) is 0. The number of benzene rings is 2. The lowest BCUT2D eigenvalue weighted by molar-refractivity contribution is -0.117. The van der Waals surface area contributed by atoms with Gasteiger partial charge in [0.25, 0.3) is 0 Å². The standard InChI is InChI=1S/C24H25ClN4O3S/c1-15-5-8-19(9-6-15)29-14-17(13-22(29)31)23-27-28-24(33-23)26-21(30)4-3-11-32-20-10-7-18(25)12-16(20)2/h5-10,12,17H,3-4,11,13-14H2,1-2H3,(H,26,28,30). The Morgan fingerprint density at radius 3 is 2.76 bits per heavy atom. The minimum atomic E-state index is -0.141. The maximum atomic E-state index is 12.5. The molecule has 0 radical (unpaired) electrons. The van der Waals surface area contributed by atoms with Gasteiger partial charge in [-0.1, -0.05) is 40.6 Å². The summed E-state index contributed by atoms with van der Waals surface area (Å²) in [5, 5.41) is 13.0. The summed E-state index contributed by atoms with van der Waals surface area (Å²) in [4.78, 5) is 26.6. The van der Waals surface area contributed by atoms with Gasteiger partial charge in [-0.2, -0.15) is 0 Å². The minimum Gasteiger partial charge on any atom is -0.493 e. The minimum absolute atomic E-state index is 0.0297. The summed E-state index contributed by atoms with van der Waals surface area (Å²) in [5.74, 6) is 0.663. The van der Waals surface area contributed by atoms with Gasteiger partial charge >= 0.3 is 0 Å². The molecule has 172 valence electrons. The van der Waals surface area contributed by atoms with E-state index >= 15 is 0 Å². The van der Waals surface area contributed by atoms with E-state index in [-0.39, 0.29) is 17.7 Å². The maximum Gasteiger partial charge on any atom is 0.227 e. The highest BCUT2D eigenvalue weighted by Crippen LogP contribution is 2.34. The highest BCUT2D eigenvalue weighted by molar-refractivity contribution is 7.15. The van der Waals surface area contributed by atoms with Crippen LogP contribution in [0.4, 0.5) is 10.8 Å². The zero-order chi connectivity index (χ0) is 23.4. The average molecular weight is 485 g/mol. The smallest absolute Gasteiger partial charge is 0.227 e. The molecule has 2 aromatic carbocycles. The molecule has 33 heavy (non-hydrogen) atoms. The van der Waals surface area contributed by atoms with Crippen LogP contribution in [0, 0.1) is 13.8 Å². The Morgan fingerprint density at radius 2 is 2.00 bits per heavy atom. The molecule has 1 saturated heterocycles. The number of carbonyl (C=O) groups is 2. The number of amides is 2. The first-order valence-corrected chi connectivity index (χ1v) is 12.0. The zero-order valence-corrected chi connectivity index (χ0v) is 20.1. The normalized spacial score (nSPS) is 15.7. The molecule has 1 aliphatic rings. The van der Waals surface area contributed by atoms with Gasteiger partial charge in [0, 0.05) is 36.0 Å². The lowest BCUT2D eigenvalue weighted by atomic mass is 10.1. The van der Waals surface area contributed by atoms with Crippen LogP contribution in [0.5, 0.6) is 5.75 Å². The summed E-state index contributed by atoms with van der Waals surface area (Å²) >= 11 is 7.27. The van der Waals surface area contributed by atoms with Crippen molar-refractivity contribution in [1.82, 2.24) is 10.2 Å². The van der Waals surface area contributed by atoms with E-state index in [0.29, 0.717) is 42.6 Å². The van der Waals surface area contributed by atoms with E-state index < -0.39 is 0 Å². The van der Waals surface area contributed by atoms with Gasteiger partial charge in [0.15, 0.2) is 0 Å². The number of nitrogens with one attached hydrogen (secondary N) is 1. The second kappa shape index (κ2) is 10.3. The Balaban J connectivity index is 1.25. The van der Waals surface area contributed by atoms with Crippen LogP contribution in [0.2, 0.25) is 5.02 Å². The highest BCUT2D eigenvalue weighted by Gasteiger charge is 2.33. The van der Waals surface area contributed by atoms with Gasteiger partial charge < -0.3 is 15.0 Å². The van der Waals surface area contributed by atoms with Crippen molar-refractivity contribution in [3.05, 3.63) is 63.6 Å². The number of carbonyl (C=O) groups excluding carboxylic acids is 2. The molecule has 1 N–H and O–H groups in total. The average Bonchev–Trinajstić information content (AvgIpc) is 3.39. The van der Waals surface area contributed by atoms with Crippen LogP contribution in [-0.2, 0) is 9.59 Å². The van der Waals surface area contributed by atoms with Gasteiger partial charge in [-0.25, -0.2) is 0 Å². The van der Waals surface area contributed by atoms with Gasteiger partial charge in [-0.05, 0) is 56.2 Å². The third-order valence-electron chi connectivity index (χ3n) is 5.45. The van der Waals surface area contributed by atoms with Crippen LogP contribution >= 0.6 is 22.9 Å². The lowest BCUT2D eigenvalue weighted by Gasteiger charge is -2.16. The first-order chi connectivity index (χ1) is 15.9. The summed E-state index contributed by atoms with van der Waals surface area (Å²) in [6.45, 7) is 4.93. The number of aromatic nitrogens is 2. The molecule has 1 aliphatic heterocycles. The largest absolute Gasteiger partial charge is 0.493 e. The summed E-state index contributed by atoms with van der Waals surface area (Å²) in [5.41, 5.74) is 3.00. The Hall–Kier alpha value is -2.97. The van der Waals surface area contributed by atoms with Crippen LogP contribution in [0.3, 0.4) is 0 Å². The molecule has 2 amide bonds. The predicted octanol–water partition coefficient (Wildman–Crippen LogP) is 5.13. The molecular weight excluding hydrogens is 460 g/mol. The molecular formula is C24H25ClN4O3S. The van der Waals surface area contributed by atoms with Gasteiger partial charge in [0.05, 0.1) is 6.61 Å². The predicted molar refractivity (Wildman–Crippen MR) is 130 cm³/mol. The molecule has 1 fully saturated rings. The summed E-state index contributed by atoms with van der Waals surface area (Å²) < 4.78 is 5.73. The zero-order valence-electron chi connectivity index (χ0n) is 18.5. The van der Waals surface area contributed by atoms with Crippen LogP contribution in [0.15, 0.2) is 42.5 Å². The van der Waals surface area contributed by atoms with Crippen molar-refractivity contribution >= 4 is 45.6 Å². The molecule has 0 aliphatic carbocycles. The monoisotopic (exact) mass is 484 g/mol. The van der Waals surface area contributed by atoms with Crippen molar-refractivity contribution < 1.29 is 14.3 Å². The number of hydrogen-bond donors (Lipinski definition) is 1. The van der Waals surface area contributed by atoms with Crippen LogP contribution in [-0.4, -0.2) is 35.2 Å². The highest BCUT2D eigenvalue weighted by atomic mass is 35.5. The lowest BCUT2D eigenvalue weighted by Crippen LogP contribution is -2.24. The molecule has 4 rings (SSSR count). The Bertz CT molecular complexity index is 1150. The number of rotatable bonds is 8. The number of nitrogens with zero attached hydrogens (tertiary/aromatic N) is 3. The second-order valence-corrected chi connectivity index (χ2v) is 9.54. The SMILES string of the molecule is Cc1ccc(N2CC(c3nnc(NC(=O)CCCOc4ccc(Cl)cc4C)s3)CC2=O)cc1. The van der Waals surface area contributed by atoms with Crippen molar-refractivity contribution in [3.8, 4) is 5.75 Å². The third kappa shape index (κ3) is 5.89. The second-order valence-electron chi connectivity index (χ2n) is 8.10. The first-order valence-electron chi connectivity index (χ1n) is 10.8. The summed E-state index contributed by atoms with van der Waals surface area (Å²) in [6, 6.07) is 13.4. The first kappa shape index (κ1) is 23.2. The van der Waals surface area contributed by atoms with E-state index in [1.54, 1.807) is 11.0 Å². The third-order valence-corrected chi connectivity index (χ3v) is 6.69. The van der Waals surface area contributed by atoms with E-state index in [2.05, 4.69) is 15.5 Å². The van der Waals surface area contributed by atoms with Gasteiger partial charge in [0.2, 0.25) is 16.9 Å². The van der Waals surface area contributed by atoms with Crippen LogP contribution < -0.4 is 15.0 Å². The molecule has 7 nitrogen and oxygen atoms in total. The van der Waals surface area contributed by atoms with Crippen LogP contribution in [0.25, 0.3) is 0 Å². The summed E-state index contributed by atoms with van der Waals surface area (Å²) in [6.07, 6.45) is 1.27. The van der Waals surface area contributed by atoms with Gasteiger partial charge in [-0.3, -0.25) is 9.59 Å². The van der Waals surface area contributed by atoms with Crippen molar-refractivity contribution in [2.24, 2.45) is 0 Å². The molecule has 0 saturated carbocycles. The fraction of sp³-hybridized carbons (Fsp3) is 0.333. The van der Waals surface area contributed by atoms with Crippen molar-refractivity contribution in [2.45, 2.75) is 39.0 Å². The van der Waals surface area contributed by atoms with E-state index in [1.807, 2.05) is 50.2 Å². The molecule has 0 spiro atoms. The number of aryl methyl sites for hydroxylation is 2. The quantitative estimate of drug-likeness (QED) is 0.448. The van der Waals surface area contributed by atoms with Gasteiger partial charge in [0.1, 0.15) is 10.8 Å². The van der Waals surface area contributed by atoms with Crippen LogP contribution in [0.1, 0.15) is 41.3 Å². The van der Waals surface area contributed by atoms with Crippen molar-refractivity contribution in [2.75, 3.05) is 23.4 Å². The van der Waals surface area contributed by atoms with E-state index in [1.165, 1.54) is 11.3 Å². The number of anilines is 2. The molecule has 1 aromatic heterocycles. The van der Waals surface area contributed by atoms with E-state index in [4.69, 9.17) is 16.3 Å². The Kier molecular flexibility index (Phi) is 7.25. The maximum absolute atomic E-state index is 12.5. The molecule has 2 heterocycles. The molecule has 1 atom stereocenters. The molecule has 1 unspecified atom stereocenters. The Labute approximate surface area is 201 Å².